The van der Waals surface area contributed by atoms with Crippen LogP contribution in [0.3, 0.4) is 0 Å². The van der Waals surface area contributed by atoms with Gasteiger partial charge >= 0.3 is 0 Å². The number of hydrogen-bond acceptors (Lipinski definition) is 4. The SMILES string of the molecule is CCCn1nc(C)c(CNC(=O)[C@@H]2COc3ccc(OC)cc3C2)c1C. The number of nitrogens with one attached hydrogen (secondary N) is 1. The van der Waals surface area contributed by atoms with E-state index >= 15 is 0 Å². The first-order chi connectivity index (χ1) is 12.5. The highest BCUT2D eigenvalue weighted by molar-refractivity contribution is 5.79. The first kappa shape index (κ1) is 18.3. The Morgan fingerprint density at radius 3 is 2.96 bits per heavy atom. The third-order valence-electron chi connectivity index (χ3n) is 4.95. The highest BCUT2D eigenvalue weighted by Crippen LogP contribution is 2.30. The highest BCUT2D eigenvalue weighted by atomic mass is 16.5. The minimum atomic E-state index is -0.194. The number of hydrogen-bond donors (Lipinski definition) is 1. The van der Waals surface area contributed by atoms with Crippen LogP contribution in [-0.2, 0) is 24.3 Å². The van der Waals surface area contributed by atoms with Crippen molar-refractivity contribution in [3.63, 3.8) is 0 Å². The van der Waals surface area contributed by atoms with E-state index in [4.69, 9.17) is 9.47 Å². The van der Waals surface area contributed by atoms with Crippen LogP contribution in [0.15, 0.2) is 18.2 Å². The zero-order chi connectivity index (χ0) is 18.7. The monoisotopic (exact) mass is 357 g/mol. The minimum absolute atomic E-state index is 0.0144. The van der Waals surface area contributed by atoms with Crippen LogP contribution < -0.4 is 14.8 Å². The fourth-order valence-corrected chi connectivity index (χ4v) is 3.41. The zero-order valence-corrected chi connectivity index (χ0v) is 16.0. The normalized spacial score (nSPS) is 15.9. The fraction of sp³-hybridized carbons (Fsp3) is 0.500. The molecule has 0 spiro atoms. The Kier molecular flexibility index (Phi) is 5.49. The molecule has 2 aromatic rings. The number of aryl methyl sites for hydroxylation is 2. The average Bonchev–Trinajstić information content (AvgIpc) is 2.92. The van der Waals surface area contributed by atoms with Crippen LogP contribution in [0.1, 0.15) is 35.9 Å². The molecule has 1 aliphatic rings. The van der Waals surface area contributed by atoms with Gasteiger partial charge in [0.15, 0.2) is 0 Å². The molecule has 0 saturated carbocycles. The quantitative estimate of drug-likeness (QED) is 0.863. The first-order valence-electron chi connectivity index (χ1n) is 9.13. The molecule has 3 rings (SSSR count). The molecule has 0 saturated heterocycles. The van der Waals surface area contributed by atoms with Crippen molar-refractivity contribution in [1.29, 1.82) is 0 Å². The van der Waals surface area contributed by atoms with Gasteiger partial charge in [0.2, 0.25) is 5.91 Å². The van der Waals surface area contributed by atoms with Crippen molar-refractivity contribution in [2.24, 2.45) is 5.92 Å². The lowest BCUT2D eigenvalue weighted by Crippen LogP contribution is -2.37. The molecule has 0 radical (unpaired) electrons. The Morgan fingerprint density at radius 2 is 2.23 bits per heavy atom. The molecule has 0 aliphatic carbocycles. The molecule has 0 unspecified atom stereocenters. The molecule has 1 aromatic heterocycles. The molecule has 6 heteroatoms. The zero-order valence-electron chi connectivity index (χ0n) is 16.0. The number of carbonyl (C=O) groups excluding carboxylic acids is 1. The van der Waals surface area contributed by atoms with Crippen molar-refractivity contribution in [2.45, 2.75) is 46.7 Å². The van der Waals surface area contributed by atoms with Crippen LogP contribution in [0.5, 0.6) is 11.5 Å². The summed E-state index contributed by atoms with van der Waals surface area (Å²) >= 11 is 0. The van der Waals surface area contributed by atoms with E-state index in [0.29, 0.717) is 19.6 Å². The van der Waals surface area contributed by atoms with E-state index in [1.54, 1.807) is 7.11 Å². The third kappa shape index (κ3) is 3.69. The number of benzene rings is 1. The maximum Gasteiger partial charge on any atom is 0.227 e. The van der Waals surface area contributed by atoms with Crippen molar-refractivity contribution >= 4 is 5.91 Å². The van der Waals surface area contributed by atoms with Crippen LogP contribution in [0.25, 0.3) is 0 Å². The number of aromatic nitrogens is 2. The molecule has 1 N–H and O–H groups in total. The van der Waals surface area contributed by atoms with Gasteiger partial charge in [-0.15, -0.1) is 0 Å². The van der Waals surface area contributed by atoms with Crippen LogP contribution in [0.4, 0.5) is 0 Å². The summed E-state index contributed by atoms with van der Waals surface area (Å²) in [5, 5.41) is 7.63. The summed E-state index contributed by atoms with van der Waals surface area (Å²) in [6, 6.07) is 5.72. The summed E-state index contributed by atoms with van der Waals surface area (Å²) in [4.78, 5) is 12.6. The predicted octanol–water partition coefficient (Wildman–Crippen LogP) is 2.79. The lowest BCUT2D eigenvalue weighted by atomic mass is 9.95. The summed E-state index contributed by atoms with van der Waals surface area (Å²) in [7, 11) is 1.64. The maximum absolute atomic E-state index is 12.6. The Hall–Kier alpha value is -2.50. The van der Waals surface area contributed by atoms with Gasteiger partial charge in [-0.2, -0.15) is 5.10 Å². The number of carbonyl (C=O) groups is 1. The molecule has 6 nitrogen and oxygen atoms in total. The largest absolute Gasteiger partial charge is 0.497 e. The number of fused-ring (bicyclic) bond motifs is 1. The maximum atomic E-state index is 12.6. The van der Waals surface area contributed by atoms with Gasteiger partial charge < -0.3 is 14.8 Å². The molecular weight excluding hydrogens is 330 g/mol. The van der Waals surface area contributed by atoms with Gasteiger partial charge in [0, 0.05) is 24.3 Å². The Labute approximate surface area is 154 Å². The van der Waals surface area contributed by atoms with E-state index in [9.17, 15) is 4.79 Å². The summed E-state index contributed by atoms with van der Waals surface area (Å²) in [6.07, 6.45) is 1.70. The van der Waals surface area contributed by atoms with Gasteiger partial charge in [0.1, 0.15) is 18.1 Å². The number of rotatable bonds is 6. The molecule has 0 bridgehead atoms. The molecule has 1 amide bonds. The summed E-state index contributed by atoms with van der Waals surface area (Å²) in [5.74, 6) is 1.44. The molecule has 1 aliphatic heterocycles. The van der Waals surface area contributed by atoms with Crippen LogP contribution in [0.2, 0.25) is 0 Å². The van der Waals surface area contributed by atoms with Crippen molar-refractivity contribution in [3.05, 3.63) is 40.7 Å². The van der Waals surface area contributed by atoms with E-state index in [-0.39, 0.29) is 11.8 Å². The van der Waals surface area contributed by atoms with E-state index in [2.05, 4.69) is 24.3 Å². The number of amides is 1. The number of nitrogens with zero attached hydrogens (tertiary/aromatic N) is 2. The molecule has 1 aromatic carbocycles. The van der Waals surface area contributed by atoms with Crippen molar-refractivity contribution < 1.29 is 14.3 Å². The molecule has 26 heavy (non-hydrogen) atoms. The topological polar surface area (TPSA) is 65.4 Å². The van der Waals surface area contributed by atoms with Gasteiger partial charge in [-0.1, -0.05) is 6.92 Å². The average molecular weight is 357 g/mol. The predicted molar refractivity (Wildman–Crippen MR) is 99.5 cm³/mol. The second-order valence-electron chi connectivity index (χ2n) is 6.78. The molecule has 2 heterocycles. The van der Waals surface area contributed by atoms with Crippen LogP contribution in [0, 0.1) is 19.8 Å². The standard InChI is InChI=1S/C20H27N3O3/c1-5-8-23-14(3)18(13(2)22-23)11-21-20(24)16-9-15-10-17(25-4)6-7-19(15)26-12-16/h6-7,10,16H,5,8-9,11-12H2,1-4H3,(H,21,24)/t16-/m0/s1. The summed E-state index contributed by atoms with van der Waals surface area (Å²) in [6.45, 7) is 7.99. The molecule has 1 atom stereocenters. The Balaban J connectivity index is 1.64. The van der Waals surface area contributed by atoms with Crippen molar-refractivity contribution in [3.8, 4) is 11.5 Å². The van der Waals surface area contributed by atoms with Gasteiger partial charge in [-0.05, 0) is 50.5 Å². The number of ether oxygens (including phenoxy) is 2. The van der Waals surface area contributed by atoms with Crippen molar-refractivity contribution in [2.75, 3.05) is 13.7 Å². The fourth-order valence-electron chi connectivity index (χ4n) is 3.41. The van der Waals surface area contributed by atoms with E-state index < -0.39 is 0 Å². The van der Waals surface area contributed by atoms with Gasteiger partial charge in [-0.3, -0.25) is 9.48 Å². The lowest BCUT2D eigenvalue weighted by molar-refractivity contribution is -0.126. The smallest absolute Gasteiger partial charge is 0.227 e. The van der Waals surface area contributed by atoms with Gasteiger partial charge in [-0.25, -0.2) is 0 Å². The lowest BCUT2D eigenvalue weighted by Gasteiger charge is -2.25. The first-order valence-corrected chi connectivity index (χ1v) is 9.13. The summed E-state index contributed by atoms with van der Waals surface area (Å²) < 4.78 is 13.0. The van der Waals surface area contributed by atoms with E-state index in [1.165, 1.54) is 0 Å². The Morgan fingerprint density at radius 1 is 1.42 bits per heavy atom. The molecule has 140 valence electrons. The van der Waals surface area contributed by atoms with Crippen LogP contribution in [-0.4, -0.2) is 29.4 Å². The Bertz CT molecular complexity index is 798. The third-order valence-corrected chi connectivity index (χ3v) is 4.95. The molecular formula is C20H27N3O3. The van der Waals surface area contributed by atoms with Crippen molar-refractivity contribution in [1.82, 2.24) is 15.1 Å². The minimum Gasteiger partial charge on any atom is -0.497 e. The number of methoxy groups -OCH3 is 1. The second kappa shape index (κ2) is 7.81. The van der Waals surface area contributed by atoms with E-state index in [1.807, 2.05) is 29.8 Å². The molecule has 0 fully saturated rings. The highest BCUT2D eigenvalue weighted by Gasteiger charge is 2.26. The summed E-state index contributed by atoms with van der Waals surface area (Å²) in [5.41, 5.74) is 4.22. The van der Waals surface area contributed by atoms with Crippen LogP contribution >= 0.6 is 0 Å². The van der Waals surface area contributed by atoms with Gasteiger partial charge in [0.05, 0.1) is 18.7 Å². The van der Waals surface area contributed by atoms with Gasteiger partial charge in [0.25, 0.3) is 0 Å². The van der Waals surface area contributed by atoms with E-state index in [0.717, 1.165) is 47.0 Å². The second-order valence-corrected chi connectivity index (χ2v) is 6.78.